The number of carboxylic acids is 1. The number of carboxylic acid groups (broad SMARTS) is 1. The van der Waals surface area contributed by atoms with Crippen LogP contribution < -0.4 is 5.32 Å². The highest BCUT2D eigenvalue weighted by atomic mass is 19.2. The molecule has 0 spiro atoms. The van der Waals surface area contributed by atoms with Crippen molar-refractivity contribution in [1.82, 2.24) is 5.32 Å². The summed E-state index contributed by atoms with van der Waals surface area (Å²) < 4.78 is 44.9. The SMILES string of the molecule is O=C(NC1(C(=O)O)CCOCC1)c1ccc(-c2cc(F)c(F)c(F)c2)cc1. The van der Waals surface area contributed by atoms with Gasteiger partial charge in [0, 0.05) is 31.6 Å². The van der Waals surface area contributed by atoms with Gasteiger partial charge in [0.1, 0.15) is 5.54 Å². The Bertz CT molecular complexity index is 854. The highest BCUT2D eigenvalue weighted by molar-refractivity contribution is 5.98. The second kappa shape index (κ2) is 7.40. The van der Waals surface area contributed by atoms with E-state index in [4.69, 9.17) is 4.74 Å². The number of benzene rings is 2. The number of carbonyl (C=O) groups excluding carboxylic acids is 1. The van der Waals surface area contributed by atoms with E-state index in [0.29, 0.717) is 5.56 Å². The van der Waals surface area contributed by atoms with Crippen molar-refractivity contribution in [3.05, 3.63) is 59.4 Å². The Hall–Kier alpha value is -2.87. The van der Waals surface area contributed by atoms with Crippen molar-refractivity contribution >= 4 is 11.9 Å². The van der Waals surface area contributed by atoms with Crippen LogP contribution in [0.4, 0.5) is 13.2 Å². The third-order valence-corrected chi connectivity index (χ3v) is 4.57. The largest absolute Gasteiger partial charge is 0.480 e. The molecule has 0 saturated carbocycles. The molecule has 1 fully saturated rings. The quantitative estimate of drug-likeness (QED) is 0.801. The average molecular weight is 379 g/mol. The van der Waals surface area contributed by atoms with Gasteiger partial charge in [0.05, 0.1) is 0 Å². The number of ether oxygens (including phenoxy) is 1. The normalized spacial score (nSPS) is 16.0. The first-order valence-corrected chi connectivity index (χ1v) is 8.21. The molecule has 0 radical (unpaired) electrons. The van der Waals surface area contributed by atoms with Gasteiger partial charge < -0.3 is 15.2 Å². The van der Waals surface area contributed by atoms with Crippen molar-refractivity contribution in [2.75, 3.05) is 13.2 Å². The van der Waals surface area contributed by atoms with Crippen molar-refractivity contribution in [2.45, 2.75) is 18.4 Å². The van der Waals surface area contributed by atoms with Crippen LogP contribution in [-0.2, 0) is 9.53 Å². The van der Waals surface area contributed by atoms with Crippen LogP contribution in [0.5, 0.6) is 0 Å². The first-order chi connectivity index (χ1) is 12.8. The second-order valence-electron chi connectivity index (χ2n) is 6.28. The highest BCUT2D eigenvalue weighted by Gasteiger charge is 2.41. The van der Waals surface area contributed by atoms with Crippen LogP contribution in [0.15, 0.2) is 36.4 Å². The molecule has 5 nitrogen and oxygen atoms in total. The van der Waals surface area contributed by atoms with Crippen LogP contribution in [0.25, 0.3) is 11.1 Å². The molecule has 8 heteroatoms. The summed E-state index contributed by atoms with van der Waals surface area (Å²) in [6.45, 7) is 0.459. The molecule has 3 rings (SSSR count). The molecule has 1 aliphatic heterocycles. The first kappa shape index (κ1) is 18.9. The lowest BCUT2D eigenvalue weighted by Crippen LogP contribution is -2.57. The second-order valence-corrected chi connectivity index (χ2v) is 6.28. The smallest absolute Gasteiger partial charge is 0.329 e. The Morgan fingerprint density at radius 2 is 1.52 bits per heavy atom. The summed E-state index contributed by atoms with van der Waals surface area (Å²) in [6.07, 6.45) is 0.306. The number of hydrogen-bond donors (Lipinski definition) is 2. The zero-order valence-electron chi connectivity index (χ0n) is 14.1. The van der Waals surface area contributed by atoms with E-state index < -0.39 is 34.9 Å². The topological polar surface area (TPSA) is 75.6 Å². The fourth-order valence-corrected chi connectivity index (χ4v) is 2.94. The van der Waals surface area contributed by atoms with Crippen LogP contribution in [0.1, 0.15) is 23.2 Å². The molecule has 2 aromatic rings. The minimum absolute atomic E-state index is 0.116. The monoisotopic (exact) mass is 379 g/mol. The molecule has 0 atom stereocenters. The maximum Gasteiger partial charge on any atom is 0.329 e. The number of carbonyl (C=O) groups is 2. The number of aliphatic carboxylic acids is 1. The van der Waals surface area contributed by atoms with Crippen molar-refractivity contribution in [3.63, 3.8) is 0 Å². The molecule has 0 aromatic heterocycles. The Kier molecular flexibility index (Phi) is 5.18. The highest BCUT2D eigenvalue weighted by Crippen LogP contribution is 2.25. The summed E-state index contributed by atoms with van der Waals surface area (Å²) in [7, 11) is 0. The molecule has 0 unspecified atom stereocenters. The van der Waals surface area contributed by atoms with Gasteiger partial charge in [-0.3, -0.25) is 4.79 Å². The molecule has 2 N–H and O–H groups in total. The molecular weight excluding hydrogens is 363 g/mol. The van der Waals surface area contributed by atoms with E-state index in [0.717, 1.165) is 12.1 Å². The minimum Gasteiger partial charge on any atom is -0.480 e. The molecule has 1 amide bonds. The lowest BCUT2D eigenvalue weighted by Gasteiger charge is -2.33. The molecule has 142 valence electrons. The summed E-state index contributed by atoms with van der Waals surface area (Å²) in [6, 6.07) is 7.40. The summed E-state index contributed by atoms with van der Waals surface area (Å²) in [5.74, 6) is -5.88. The number of amides is 1. The Labute approximate surface area is 152 Å². The minimum atomic E-state index is -1.55. The number of hydrogen-bond acceptors (Lipinski definition) is 3. The third kappa shape index (κ3) is 3.80. The van der Waals surface area contributed by atoms with Crippen LogP contribution in [0, 0.1) is 17.5 Å². The number of nitrogens with one attached hydrogen (secondary N) is 1. The molecule has 0 aliphatic carbocycles. The van der Waals surface area contributed by atoms with E-state index in [9.17, 15) is 27.9 Å². The van der Waals surface area contributed by atoms with Crippen LogP contribution >= 0.6 is 0 Å². The van der Waals surface area contributed by atoms with E-state index in [1.807, 2.05) is 0 Å². The van der Waals surface area contributed by atoms with Crippen LogP contribution in [-0.4, -0.2) is 35.7 Å². The zero-order chi connectivity index (χ0) is 19.6. The Morgan fingerprint density at radius 1 is 0.963 bits per heavy atom. The predicted molar refractivity (Wildman–Crippen MR) is 89.6 cm³/mol. The molecule has 1 heterocycles. The van der Waals surface area contributed by atoms with Gasteiger partial charge in [-0.1, -0.05) is 12.1 Å². The van der Waals surface area contributed by atoms with Crippen molar-refractivity contribution in [3.8, 4) is 11.1 Å². The summed E-state index contributed by atoms with van der Waals surface area (Å²) in [5.41, 5.74) is -0.709. The maximum absolute atomic E-state index is 13.4. The van der Waals surface area contributed by atoms with E-state index in [1.165, 1.54) is 24.3 Å². The van der Waals surface area contributed by atoms with Gasteiger partial charge in [-0.25, -0.2) is 18.0 Å². The van der Waals surface area contributed by atoms with E-state index >= 15 is 0 Å². The van der Waals surface area contributed by atoms with E-state index in [1.54, 1.807) is 0 Å². The van der Waals surface area contributed by atoms with E-state index in [-0.39, 0.29) is 37.2 Å². The zero-order valence-corrected chi connectivity index (χ0v) is 14.1. The van der Waals surface area contributed by atoms with Gasteiger partial charge in [-0.2, -0.15) is 0 Å². The fraction of sp³-hybridized carbons (Fsp3) is 0.263. The average Bonchev–Trinajstić information content (AvgIpc) is 2.66. The van der Waals surface area contributed by atoms with Crippen molar-refractivity contribution in [2.24, 2.45) is 0 Å². The molecule has 1 saturated heterocycles. The summed E-state index contributed by atoms with van der Waals surface area (Å²) in [5, 5.41) is 12.0. The predicted octanol–water partition coefficient (Wildman–Crippen LogP) is 3.13. The van der Waals surface area contributed by atoms with Gasteiger partial charge in [0.2, 0.25) is 0 Å². The summed E-state index contributed by atoms with van der Waals surface area (Å²) >= 11 is 0. The van der Waals surface area contributed by atoms with Gasteiger partial charge in [0.15, 0.2) is 17.5 Å². The lowest BCUT2D eigenvalue weighted by atomic mass is 9.89. The van der Waals surface area contributed by atoms with E-state index in [2.05, 4.69) is 5.32 Å². The molecule has 0 bridgehead atoms. The standard InChI is InChI=1S/C19H16F3NO4/c20-14-9-13(10-15(21)16(14)22)11-1-3-12(4-2-11)17(24)23-19(18(25)26)5-7-27-8-6-19/h1-4,9-10H,5-8H2,(H,23,24)(H,25,26). The molecule has 27 heavy (non-hydrogen) atoms. The van der Waals surface area contributed by atoms with Gasteiger partial charge in [0.25, 0.3) is 5.91 Å². The van der Waals surface area contributed by atoms with Crippen molar-refractivity contribution < 1.29 is 32.6 Å². The maximum atomic E-state index is 13.4. The van der Waals surface area contributed by atoms with Gasteiger partial charge >= 0.3 is 5.97 Å². The van der Waals surface area contributed by atoms with Crippen molar-refractivity contribution in [1.29, 1.82) is 0 Å². The third-order valence-electron chi connectivity index (χ3n) is 4.57. The van der Waals surface area contributed by atoms with Crippen LogP contribution in [0.2, 0.25) is 0 Å². The lowest BCUT2D eigenvalue weighted by molar-refractivity contribution is -0.148. The molecule has 2 aromatic carbocycles. The molecule has 1 aliphatic rings. The number of halogens is 3. The van der Waals surface area contributed by atoms with Gasteiger partial charge in [-0.15, -0.1) is 0 Å². The van der Waals surface area contributed by atoms with Crippen LogP contribution in [0.3, 0.4) is 0 Å². The molecular formula is C19H16F3NO4. The Morgan fingerprint density at radius 3 is 2.04 bits per heavy atom. The fourth-order valence-electron chi connectivity index (χ4n) is 2.94. The first-order valence-electron chi connectivity index (χ1n) is 8.21. The summed E-state index contributed by atoms with van der Waals surface area (Å²) in [4.78, 5) is 24.0. The number of rotatable bonds is 4. The Balaban J connectivity index is 1.80. The van der Waals surface area contributed by atoms with Gasteiger partial charge in [-0.05, 0) is 35.4 Å².